The summed E-state index contributed by atoms with van der Waals surface area (Å²) in [5.41, 5.74) is 1.08. The third kappa shape index (κ3) is 2.91. The van der Waals surface area contributed by atoms with Crippen LogP contribution in [0.3, 0.4) is 0 Å². The summed E-state index contributed by atoms with van der Waals surface area (Å²) in [5, 5.41) is 10.3. The smallest absolute Gasteiger partial charge is 0.275 e. The van der Waals surface area contributed by atoms with E-state index in [-0.39, 0.29) is 5.56 Å². The van der Waals surface area contributed by atoms with Crippen molar-refractivity contribution in [2.24, 2.45) is 7.05 Å². The number of rotatable bonds is 2. The predicted octanol–water partition coefficient (Wildman–Crippen LogP) is 2.65. The van der Waals surface area contributed by atoms with E-state index in [1.54, 1.807) is 17.9 Å². The molecule has 144 valence electrons. The highest BCUT2D eigenvalue weighted by Crippen LogP contribution is 2.31. The third-order valence-electron chi connectivity index (χ3n) is 5.30. The second-order valence-electron chi connectivity index (χ2n) is 7.39. The normalized spacial score (nSPS) is 16.4. The average Bonchev–Trinajstić information content (AvgIpc) is 3.26. The lowest BCUT2D eigenvalue weighted by atomic mass is 9.98. The van der Waals surface area contributed by atoms with Crippen molar-refractivity contribution in [2.75, 3.05) is 20.1 Å². The van der Waals surface area contributed by atoms with Crippen molar-refractivity contribution in [3.63, 3.8) is 0 Å². The van der Waals surface area contributed by atoms with Gasteiger partial charge in [0.05, 0.1) is 5.69 Å². The predicted molar refractivity (Wildman–Crippen MR) is 106 cm³/mol. The molecule has 0 atom stereocenters. The number of benzene rings is 1. The number of aromatic nitrogens is 5. The van der Waals surface area contributed by atoms with E-state index in [1.807, 2.05) is 6.07 Å². The number of piperidine rings is 1. The van der Waals surface area contributed by atoms with Crippen LogP contribution >= 0.6 is 11.3 Å². The van der Waals surface area contributed by atoms with Crippen LogP contribution in [0.2, 0.25) is 0 Å². The minimum absolute atomic E-state index is 0.248. The van der Waals surface area contributed by atoms with Crippen LogP contribution in [0.15, 0.2) is 29.2 Å². The molecule has 0 spiro atoms. The topological polar surface area (TPSA) is 68.3 Å². The van der Waals surface area contributed by atoms with Crippen LogP contribution in [-0.2, 0) is 7.05 Å². The Kier molecular flexibility index (Phi) is 4.02. The number of hydrogen-bond donors (Lipinski definition) is 0. The van der Waals surface area contributed by atoms with E-state index in [1.165, 1.54) is 28.0 Å². The Hall–Kier alpha value is -2.65. The molecule has 4 heterocycles. The van der Waals surface area contributed by atoms with Crippen LogP contribution in [-0.4, -0.2) is 49.4 Å². The minimum Gasteiger partial charge on any atom is -0.306 e. The Morgan fingerprint density at radius 3 is 2.71 bits per heavy atom. The van der Waals surface area contributed by atoms with Gasteiger partial charge < -0.3 is 4.90 Å². The first-order valence-electron chi connectivity index (χ1n) is 9.20. The van der Waals surface area contributed by atoms with Gasteiger partial charge in [-0.1, -0.05) is 11.3 Å². The number of halogens is 1. The summed E-state index contributed by atoms with van der Waals surface area (Å²) in [6.45, 7) is 2.05. The maximum Gasteiger partial charge on any atom is 0.275 e. The van der Waals surface area contributed by atoms with E-state index in [2.05, 4.69) is 27.1 Å². The average molecular weight is 398 g/mol. The number of hydrogen-bond acceptors (Lipinski definition) is 6. The molecule has 3 aromatic heterocycles. The van der Waals surface area contributed by atoms with Gasteiger partial charge in [0.15, 0.2) is 5.82 Å². The van der Waals surface area contributed by atoms with E-state index in [0.29, 0.717) is 33.0 Å². The van der Waals surface area contributed by atoms with Crippen molar-refractivity contribution >= 4 is 27.2 Å². The lowest BCUT2D eigenvalue weighted by Crippen LogP contribution is -2.29. The summed E-state index contributed by atoms with van der Waals surface area (Å²) in [7, 11) is 3.86. The van der Waals surface area contributed by atoms with Gasteiger partial charge in [-0.15, -0.1) is 0 Å². The summed E-state index contributed by atoms with van der Waals surface area (Å²) >= 11 is 1.45. The molecule has 5 rings (SSSR count). The number of aryl methyl sites for hydroxylation is 1. The molecule has 7 nitrogen and oxygen atoms in total. The summed E-state index contributed by atoms with van der Waals surface area (Å²) in [6.07, 6.45) is 3.81. The number of fused-ring (bicyclic) bond motifs is 2. The minimum atomic E-state index is -0.425. The highest BCUT2D eigenvalue weighted by molar-refractivity contribution is 7.16. The van der Waals surface area contributed by atoms with Crippen LogP contribution < -0.4 is 5.56 Å². The van der Waals surface area contributed by atoms with Crippen LogP contribution in [0, 0.1) is 5.82 Å². The molecule has 0 unspecified atom stereocenters. The molecule has 1 aliphatic rings. The largest absolute Gasteiger partial charge is 0.306 e. The molecule has 0 bridgehead atoms. The molecule has 0 N–H and O–H groups in total. The van der Waals surface area contributed by atoms with Crippen molar-refractivity contribution < 1.29 is 4.39 Å². The van der Waals surface area contributed by atoms with E-state index in [0.717, 1.165) is 30.9 Å². The van der Waals surface area contributed by atoms with Crippen LogP contribution in [0.4, 0.5) is 4.39 Å². The SMILES string of the molecule is CN1CCC(c2nn3c(=O)cc(-c4cc(F)c5nn(C)cc5c4)nc3s2)CC1. The van der Waals surface area contributed by atoms with Gasteiger partial charge in [-0.25, -0.2) is 9.37 Å². The zero-order valence-electron chi connectivity index (χ0n) is 15.6. The zero-order chi connectivity index (χ0) is 19.4. The standard InChI is InChI=1S/C19H19FN6OS/c1-24-5-3-11(4-6-24)18-23-26-16(27)9-15(21-19(26)28-18)12-7-13-10-25(2)22-17(13)14(20)8-12/h7-11H,3-6H2,1-2H3. The van der Waals surface area contributed by atoms with Gasteiger partial charge in [0, 0.05) is 36.2 Å². The van der Waals surface area contributed by atoms with Gasteiger partial charge in [-0.3, -0.25) is 9.48 Å². The zero-order valence-corrected chi connectivity index (χ0v) is 16.4. The Balaban J connectivity index is 1.58. The fourth-order valence-electron chi connectivity index (χ4n) is 3.75. The van der Waals surface area contributed by atoms with Gasteiger partial charge in [0.1, 0.15) is 10.5 Å². The van der Waals surface area contributed by atoms with E-state index in [4.69, 9.17) is 0 Å². The fourth-order valence-corrected chi connectivity index (χ4v) is 4.83. The lowest BCUT2D eigenvalue weighted by Gasteiger charge is -2.27. The van der Waals surface area contributed by atoms with Crippen LogP contribution in [0.5, 0.6) is 0 Å². The first-order chi connectivity index (χ1) is 13.5. The molecule has 0 aliphatic carbocycles. The van der Waals surface area contributed by atoms with Crippen molar-refractivity contribution in [3.05, 3.63) is 45.6 Å². The number of likely N-dealkylation sites (tertiary alicyclic amines) is 1. The van der Waals surface area contributed by atoms with E-state index < -0.39 is 5.82 Å². The van der Waals surface area contributed by atoms with Gasteiger partial charge >= 0.3 is 0 Å². The van der Waals surface area contributed by atoms with Crippen LogP contribution in [0.25, 0.3) is 27.1 Å². The van der Waals surface area contributed by atoms with Gasteiger partial charge in [0.25, 0.3) is 5.56 Å². The van der Waals surface area contributed by atoms with Crippen molar-refractivity contribution in [1.82, 2.24) is 29.3 Å². The maximum atomic E-state index is 14.4. The van der Waals surface area contributed by atoms with Gasteiger partial charge in [-0.2, -0.15) is 14.7 Å². The Morgan fingerprint density at radius 2 is 1.93 bits per heavy atom. The molecule has 1 fully saturated rings. The molecular weight excluding hydrogens is 379 g/mol. The van der Waals surface area contributed by atoms with E-state index in [9.17, 15) is 9.18 Å². The molecular formula is C19H19FN6OS. The molecule has 0 radical (unpaired) electrons. The van der Waals surface area contributed by atoms with Crippen molar-refractivity contribution in [1.29, 1.82) is 0 Å². The monoisotopic (exact) mass is 398 g/mol. The molecule has 1 saturated heterocycles. The Morgan fingerprint density at radius 1 is 1.14 bits per heavy atom. The van der Waals surface area contributed by atoms with Gasteiger partial charge in [0.2, 0.25) is 4.96 Å². The summed E-state index contributed by atoms with van der Waals surface area (Å²) < 4.78 is 17.4. The number of nitrogens with zero attached hydrogens (tertiary/aromatic N) is 6. The highest BCUT2D eigenvalue weighted by Gasteiger charge is 2.23. The molecule has 9 heteroatoms. The van der Waals surface area contributed by atoms with E-state index >= 15 is 0 Å². The Bertz CT molecular complexity index is 1250. The molecule has 28 heavy (non-hydrogen) atoms. The summed E-state index contributed by atoms with van der Waals surface area (Å²) in [6, 6.07) is 4.61. The highest BCUT2D eigenvalue weighted by atomic mass is 32.1. The van der Waals surface area contributed by atoms with Gasteiger partial charge in [-0.05, 0) is 45.1 Å². The first-order valence-corrected chi connectivity index (χ1v) is 10.0. The molecule has 0 amide bonds. The third-order valence-corrected chi connectivity index (χ3v) is 6.37. The summed E-state index contributed by atoms with van der Waals surface area (Å²) in [4.78, 5) is 20.1. The summed E-state index contributed by atoms with van der Waals surface area (Å²) in [5.74, 6) is -0.0682. The molecule has 1 aromatic carbocycles. The lowest BCUT2D eigenvalue weighted by molar-refractivity contribution is 0.254. The maximum absolute atomic E-state index is 14.4. The van der Waals surface area contributed by atoms with Crippen LogP contribution in [0.1, 0.15) is 23.8 Å². The van der Waals surface area contributed by atoms with Crippen molar-refractivity contribution in [2.45, 2.75) is 18.8 Å². The van der Waals surface area contributed by atoms with Crippen molar-refractivity contribution in [3.8, 4) is 11.3 Å². The fraction of sp³-hybridized carbons (Fsp3) is 0.368. The molecule has 0 saturated carbocycles. The second-order valence-corrected chi connectivity index (χ2v) is 8.38. The quantitative estimate of drug-likeness (QED) is 0.519. The second kappa shape index (κ2) is 6.46. The molecule has 4 aromatic rings. The first kappa shape index (κ1) is 17.4. The molecule has 1 aliphatic heterocycles. The Labute approximate surface area is 164 Å².